The molecular formula is C87H134B3Br4F5N18O9. The number of rotatable bonds is 24. The number of pyridine rings is 3. The molecule has 11 rings (SSSR count). The van der Waals surface area contributed by atoms with Crippen LogP contribution in [0.3, 0.4) is 0 Å². The molecule has 5 aromatic carbocycles. The van der Waals surface area contributed by atoms with Crippen molar-refractivity contribution in [3.05, 3.63) is 185 Å². The molecule has 6 heterocycles. The molecule has 15 N–H and O–H groups in total. The van der Waals surface area contributed by atoms with Gasteiger partial charge < -0.3 is 107 Å². The van der Waals surface area contributed by atoms with E-state index in [1.165, 1.54) is 98.6 Å². The number of aliphatic hydroxyl groups is 1. The Morgan fingerprint density at radius 3 is 1.03 bits per heavy atom. The molecule has 3 fully saturated rings. The number of benzene rings is 5. The number of nitrogens with zero attached hydrogens (tertiary/aromatic N) is 9. The summed E-state index contributed by atoms with van der Waals surface area (Å²) < 4.78 is 106. The van der Waals surface area contributed by atoms with E-state index in [-0.39, 0.29) is 64.5 Å². The number of nitrogen functional groups attached to an aromatic ring is 5. The van der Waals surface area contributed by atoms with Gasteiger partial charge in [-0.2, -0.15) is 0 Å². The molecule has 3 aliphatic heterocycles. The van der Waals surface area contributed by atoms with Gasteiger partial charge in [-0.1, -0.05) is 68.6 Å². The minimum atomic E-state index is -0.610. The number of likely N-dealkylation sites (N-methyl/N-ethyl adjacent to an activating group) is 4. The summed E-state index contributed by atoms with van der Waals surface area (Å²) in [5.41, 5.74) is 33.2. The van der Waals surface area contributed by atoms with Gasteiger partial charge >= 0.3 is 26.8 Å². The quantitative estimate of drug-likeness (QED) is 0.0116. The Kier molecular flexibility index (Phi) is 48.7. The summed E-state index contributed by atoms with van der Waals surface area (Å²) in [5, 5.41) is 30.6. The van der Waals surface area contributed by atoms with Crippen molar-refractivity contribution < 1.29 is 59.9 Å². The Balaban J connectivity index is 0.000000498. The fourth-order valence-corrected chi connectivity index (χ4v) is 12.9. The molecule has 39 heteroatoms. The maximum absolute atomic E-state index is 13.9. The Labute approximate surface area is 779 Å². The first-order valence-electron chi connectivity index (χ1n) is 40.3. The predicted octanol–water partition coefficient (Wildman–Crippen LogP) is 17.2. The van der Waals surface area contributed by atoms with Gasteiger partial charge in [0.1, 0.15) is 41.0 Å². The summed E-state index contributed by atoms with van der Waals surface area (Å²) in [7, 11) is 19.6. The first-order valence-corrected chi connectivity index (χ1v) is 43.5. The van der Waals surface area contributed by atoms with Gasteiger partial charge in [0, 0.05) is 125 Å². The molecule has 0 bridgehead atoms. The number of halogens is 9. The fourth-order valence-electron chi connectivity index (χ4n) is 10.9. The molecule has 0 spiro atoms. The lowest BCUT2D eigenvalue weighted by Crippen LogP contribution is -2.41. The van der Waals surface area contributed by atoms with Crippen molar-refractivity contribution in [1.29, 1.82) is 0 Å². The van der Waals surface area contributed by atoms with Crippen LogP contribution in [0.4, 0.5) is 78.8 Å². The molecule has 0 amide bonds. The monoisotopic (exact) mass is 2020 g/mol. The van der Waals surface area contributed by atoms with Crippen LogP contribution in [0.15, 0.2) is 146 Å². The maximum Gasteiger partial charge on any atom is 0.495 e. The van der Waals surface area contributed by atoms with Crippen molar-refractivity contribution in [2.45, 2.75) is 144 Å². The SMILES string of the molecule is C.CC1(C)OB(B2OC(C)(C)C(C)(C)O2)OC1(C)C.CCCCN(C)C.CN(C)CCNc1cc(F)cc(-c2cncc(N)c2N)c1.CN(C)CCNc1cc(F)cc(-c2cncc([N+](=O)[O-])c2N)c1.CN(C)CCNc1cc(F)cc(B2OC(C)(C)C(C)(C)O2)c1.CN(C)CCNc1cc(F)cc(Br)c1.CO.Fc1cc(Br)cc(Br)c1.Nc1cncc(Br)c1N. The van der Waals surface area contributed by atoms with E-state index in [9.17, 15) is 32.1 Å². The number of hydrogen-bond acceptors (Lipinski definition) is 26. The number of aromatic nitrogens is 3. The molecule has 0 aliphatic carbocycles. The van der Waals surface area contributed by atoms with Crippen LogP contribution >= 0.6 is 63.7 Å². The second-order valence-corrected chi connectivity index (χ2v) is 37.2. The van der Waals surface area contributed by atoms with E-state index < -0.39 is 43.1 Å². The summed E-state index contributed by atoms with van der Waals surface area (Å²) in [6.45, 7) is 34.0. The Morgan fingerprint density at radius 2 is 0.706 bits per heavy atom. The number of nitro groups is 1. The number of unbranched alkanes of at least 4 members (excludes halogenated alkanes) is 1. The summed E-state index contributed by atoms with van der Waals surface area (Å²) in [5.74, 6) is -1.55. The van der Waals surface area contributed by atoms with E-state index in [4.69, 9.17) is 61.7 Å². The highest BCUT2D eigenvalue weighted by Crippen LogP contribution is 2.44. The molecule has 0 atom stereocenters. The predicted molar refractivity (Wildman–Crippen MR) is 527 cm³/mol. The van der Waals surface area contributed by atoms with Crippen LogP contribution in [0, 0.1) is 39.2 Å². The van der Waals surface area contributed by atoms with Gasteiger partial charge in [-0.05, 0) is 290 Å². The summed E-state index contributed by atoms with van der Waals surface area (Å²) >= 11 is 12.7. The molecule has 0 unspecified atom stereocenters. The zero-order chi connectivity index (χ0) is 94.9. The van der Waals surface area contributed by atoms with Gasteiger partial charge in [-0.3, -0.25) is 25.1 Å². The molecule has 8 aromatic rings. The topological polar surface area (TPSA) is 352 Å². The van der Waals surface area contributed by atoms with Crippen LogP contribution in [0.2, 0.25) is 0 Å². The second-order valence-electron chi connectivity index (χ2n) is 33.6. The van der Waals surface area contributed by atoms with Crippen molar-refractivity contribution in [2.75, 3.05) is 186 Å². The van der Waals surface area contributed by atoms with Crippen LogP contribution in [0.25, 0.3) is 22.3 Å². The van der Waals surface area contributed by atoms with Crippen LogP contribution < -0.4 is 55.4 Å². The zero-order valence-electron chi connectivity index (χ0n) is 76.7. The van der Waals surface area contributed by atoms with E-state index in [1.807, 2.05) is 167 Å². The van der Waals surface area contributed by atoms with Crippen molar-refractivity contribution in [2.24, 2.45) is 0 Å². The average molecular weight is 2020 g/mol. The molecular weight excluding hydrogens is 1890 g/mol. The molecule has 3 aromatic heterocycles. The highest BCUT2D eigenvalue weighted by Gasteiger charge is 2.64. The number of anilines is 9. The highest BCUT2D eigenvalue weighted by atomic mass is 79.9. The Bertz CT molecular complexity index is 4480. The van der Waals surface area contributed by atoms with Crippen molar-refractivity contribution >= 4 is 147 Å². The minimum Gasteiger partial charge on any atom is -0.405 e. The van der Waals surface area contributed by atoms with E-state index in [0.717, 1.165) is 88.4 Å². The Morgan fingerprint density at radius 1 is 0.405 bits per heavy atom. The smallest absolute Gasteiger partial charge is 0.405 e. The first kappa shape index (κ1) is 115. The number of nitrogens with one attached hydrogen (secondary N) is 4. The third-order valence-corrected chi connectivity index (χ3v) is 22.0. The van der Waals surface area contributed by atoms with Gasteiger partial charge in [0.05, 0.1) is 78.1 Å². The second kappa shape index (κ2) is 53.5. The zero-order valence-corrected chi connectivity index (χ0v) is 83.0. The van der Waals surface area contributed by atoms with E-state index >= 15 is 0 Å². The summed E-state index contributed by atoms with van der Waals surface area (Å²) in [6.07, 6.45) is 11.3. The highest BCUT2D eigenvalue weighted by molar-refractivity contribution is 9.11. The van der Waals surface area contributed by atoms with Crippen LogP contribution in [-0.2, 0) is 27.9 Å². The molecule has 698 valence electrons. The number of aliphatic hydroxyl groups excluding tert-OH is 1. The third kappa shape index (κ3) is 39.0. The molecule has 3 aliphatic rings. The van der Waals surface area contributed by atoms with Crippen molar-refractivity contribution in [3.8, 4) is 22.3 Å². The van der Waals surface area contributed by atoms with Gasteiger partial charge in [-0.25, -0.2) is 22.0 Å². The fraction of sp³-hybridized carbons (Fsp3) is 0.483. The van der Waals surface area contributed by atoms with E-state index in [2.05, 4.69) is 136 Å². The van der Waals surface area contributed by atoms with Gasteiger partial charge in [-0.15, -0.1) is 0 Å². The van der Waals surface area contributed by atoms with Gasteiger partial charge in [0.15, 0.2) is 0 Å². The van der Waals surface area contributed by atoms with Crippen LogP contribution in [0.1, 0.15) is 110 Å². The summed E-state index contributed by atoms with van der Waals surface area (Å²) in [6, 6.07) is 23.3. The van der Waals surface area contributed by atoms with Gasteiger partial charge in [0.25, 0.3) is 0 Å². The lowest BCUT2D eigenvalue weighted by molar-refractivity contribution is -0.384. The molecule has 126 heavy (non-hydrogen) atoms. The van der Waals surface area contributed by atoms with E-state index in [1.54, 1.807) is 24.5 Å². The number of hydrogen-bond donors (Lipinski definition) is 10. The lowest BCUT2D eigenvalue weighted by atomic mass is 9.49. The third-order valence-electron chi connectivity index (χ3n) is 20.0. The summed E-state index contributed by atoms with van der Waals surface area (Å²) in [4.78, 5) is 32.3. The molecule has 3 saturated heterocycles. The Hall–Kier alpha value is -7.57. The van der Waals surface area contributed by atoms with Crippen molar-refractivity contribution in [1.82, 2.24) is 39.5 Å². The molecule has 27 nitrogen and oxygen atoms in total. The number of nitrogens with two attached hydrogens (primary N) is 5. The normalized spacial score (nSPS) is 15.0. The standard InChI is InChI=1S/C16H26BFN2O2.C15H18FN5O2.C15H20FN5.C12H24B2O4.C10H14BrFN2.C6H3Br2F.C6H15N.C5H6BrN3.CH4O.CH4/c1-15(2)16(3,4)22-17(21-15)12-9-13(18)11-14(10-12)19-7-8-20(5)6;1-20(2)4-3-19-12-6-10(5-11(16)7-12)13-8-18-9-14(15(13)17)21(22)23;1-21(2)4-3-20-12-6-10(5-11(16)7-12)13-8-19-9-14(17)15(13)18;1-9(2)10(3,4)16-13(15-9)14-17-11(5,6)12(7,8)18-14;1-14(2)4-3-13-10-6-8(11)5-9(12)7-10;7-4-1-5(8)3-6(9)2-4;1-4-5-6-7(2)3;6-3-1-9-2-4(7)5(3)8;1-2;/h9-11,19H,7-8H2,1-6H3;5-9,19H,3-4H2,1-2H3,(H2,17,18);5-9,20H,3-4,17H2,1-2H3,(H2,18,19);1-8H3;5-7,13H,3-4H2,1-2H3;1-3H;4-6H2,1-3H3;1-2H,7H2,(H2,8,9);2H,1H3;1H4. The molecule has 0 saturated carbocycles. The van der Waals surface area contributed by atoms with E-state index in [0.29, 0.717) is 68.4 Å². The maximum atomic E-state index is 13.9. The minimum absolute atomic E-state index is 0. The van der Waals surface area contributed by atoms with Crippen molar-refractivity contribution in [3.63, 3.8) is 0 Å². The average Bonchev–Trinajstić information content (AvgIpc) is 1.60. The van der Waals surface area contributed by atoms with Gasteiger partial charge in [0.2, 0.25) is 0 Å². The largest absolute Gasteiger partial charge is 0.495 e. The lowest BCUT2D eigenvalue weighted by Gasteiger charge is -2.32. The first-order chi connectivity index (χ1) is 58.1. The van der Waals surface area contributed by atoms with Crippen LogP contribution in [-0.4, -0.2) is 241 Å². The van der Waals surface area contributed by atoms with Crippen LogP contribution in [0.5, 0.6) is 0 Å². The molecule has 0 radical (unpaired) electrons.